The van der Waals surface area contributed by atoms with Crippen LogP contribution in [-0.2, 0) is 4.79 Å². The molecule has 0 bridgehead atoms. The molecule has 0 radical (unpaired) electrons. The Hall–Kier alpha value is -2.41. The number of carboxylic acid groups (broad SMARTS) is 1. The topological polar surface area (TPSA) is 92.2 Å². The van der Waals surface area contributed by atoms with Gasteiger partial charge >= 0.3 is 5.97 Å². The van der Waals surface area contributed by atoms with Gasteiger partial charge in [0, 0.05) is 5.56 Å². The highest BCUT2D eigenvalue weighted by Crippen LogP contribution is 2.15. The molecule has 0 atom stereocenters. The van der Waals surface area contributed by atoms with E-state index in [4.69, 9.17) is 5.11 Å². The summed E-state index contributed by atoms with van der Waals surface area (Å²) in [5.41, 5.74) is 0.527. The van der Waals surface area contributed by atoms with Crippen molar-refractivity contribution < 1.29 is 14.7 Å². The van der Waals surface area contributed by atoms with Crippen LogP contribution >= 0.6 is 11.8 Å². The van der Waals surface area contributed by atoms with Gasteiger partial charge in [-0.15, -0.1) is 10.2 Å². The van der Waals surface area contributed by atoms with E-state index in [2.05, 4.69) is 15.5 Å². The Kier molecular flexibility index (Phi) is 4.67. The van der Waals surface area contributed by atoms with Crippen molar-refractivity contribution in [3.63, 3.8) is 0 Å². The second kappa shape index (κ2) is 6.67. The maximum atomic E-state index is 11.9. The molecule has 2 rings (SSSR count). The number of amides is 1. The minimum Gasteiger partial charge on any atom is -0.481 e. The van der Waals surface area contributed by atoms with Crippen LogP contribution in [0.5, 0.6) is 0 Å². The van der Waals surface area contributed by atoms with Crippen LogP contribution in [0.1, 0.15) is 10.4 Å². The third-order valence-electron chi connectivity index (χ3n) is 2.26. The summed E-state index contributed by atoms with van der Waals surface area (Å²) in [7, 11) is 0. The van der Waals surface area contributed by atoms with Crippen molar-refractivity contribution in [3.8, 4) is 0 Å². The number of nitrogens with zero attached hydrogens (tertiary/aromatic N) is 2. The Morgan fingerprint density at radius 2 is 1.85 bits per heavy atom. The van der Waals surface area contributed by atoms with E-state index >= 15 is 0 Å². The van der Waals surface area contributed by atoms with Crippen LogP contribution in [0.2, 0.25) is 0 Å². The first kappa shape index (κ1) is 14.0. The van der Waals surface area contributed by atoms with Crippen molar-refractivity contribution in [1.29, 1.82) is 0 Å². The molecule has 6 nitrogen and oxygen atoms in total. The van der Waals surface area contributed by atoms with Gasteiger partial charge in [0.15, 0.2) is 5.82 Å². The largest absolute Gasteiger partial charge is 0.481 e. The van der Waals surface area contributed by atoms with Crippen LogP contribution in [0.15, 0.2) is 47.5 Å². The molecule has 0 fully saturated rings. The smallest absolute Gasteiger partial charge is 0.313 e. The molecule has 0 saturated carbocycles. The quantitative estimate of drug-likeness (QED) is 0.817. The van der Waals surface area contributed by atoms with E-state index in [-0.39, 0.29) is 11.7 Å². The molecule has 0 spiro atoms. The Bertz CT molecular complexity index is 602. The molecule has 0 saturated heterocycles. The first-order chi connectivity index (χ1) is 9.65. The minimum atomic E-state index is -0.918. The number of carboxylic acids is 1. The Morgan fingerprint density at radius 3 is 2.45 bits per heavy atom. The van der Waals surface area contributed by atoms with Gasteiger partial charge in [-0.05, 0) is 24.3 Å². The third kappa shape index (κ3) is 4.06. The number of hydrogen-bond acceptors (Lipinski definition) is 5. The highest BCUT2D eigenvalue weighted by atomic mass is 32.2. The monoisotopic (exact) mass is 289 g/mol. The van der Waals surface area contributed by atoms with Crippen molar-refractivity contribution in [2.45, 2.75) is 5.03 Å². The fourth-order valence-electron chi connectivity index (χ4n) is 1.38. The molecule has 7 heteroatoms. The molecule has 2 aromatic rings. The lowest BCUT2D eigenvalue weighted by Gasteiger charge is -2.04. The molecule has 1 heterocycles. The van der Waals surface area contributed by atoms with Crippen molar-refractivity contribution in [2.75, 3.05) is 11.1 Å². The number of carbonyl (C=O) groups is 2. The molecule has 0 aliphatic carbocycles. The molecule has 1 amide bonds. The van der Waals surface area contributed by atoms with E-state index < -0.39 is 5.97 Å². The molecular weight excluding hydrogens is 278 g/mol. The summed E-state index contributed by atoms with van der Waals surface area (Å²) >= 11 is 1.07. The second-order valence-corrected chi connectivity index (χ2v) is 4.76. The lowest BCUT2D eigenvalue weighted by Crippen LogP contribution is -2.13. The number of nitrogens with one attached hydrogen (secondary N) is 1. The number of rotatable bonds is 5. The van der Waals surface area contributed by atoms with Gasteiger partial charge in [-0.3, -0.25) is 9.59 Å². The highest BCUT2D eigenvalue weighted by molar-refractivity contribution is 7.99. The molecule has 102 valence electrons. The fraction of sp³-hybridized carbons (Fsp3) is 0.0769. The average Bonchev–Trinajstić information content (AvgIpc) is 2.47. The van der Waals surface area contributed by atoms with Gasteiger partial charge < -0.3 is 10.4 Å². The van der Waals surface area contributed by atoms with Crippen LogP contribution in [0.4, 0.5) is 5.82 Å². The highest BCUT2D eigenvalue weighted by Gasteiger charge is 2.07. The van der Waals surface area contributed by atoms with Crippen LogP contribution in [-0.4, -0.2) is 32.9 Å². The summed E-state index contributed by atoms with van der Waals surface area (Å²) in [5, 5.41) is 19.3. The van der Waals surface area contributed by atoms with Gasteiger partial charge in [-0.1, -0.05) is 30.0 Å². The van der Waals surface area contributed by atoms with E-state index in [1.165, 1.54) is 0 Å². The zero-order valence-electron chi connectivity index (χ0n) is 10.3. The lowest BCUT2D eigenvalue weighted by molar-refractivity contribution is -0.133. The van der Waals surface area contributed by atoms with E-state index in [0.717, 1.165) is 11.8 Å². The first-order valence-electron chi connectivity index (χ1n) is 5.70. The van der Waals surface area contributed by atoms with Crippen molar-refractivity contribution in [3.05, 3.63) is 48.0 Å². The molecule has 1 aromatic carbocycles. The molecule has 0 unspecified atom stereocenters. The van der Waals surface area contributed by atoms with Crippen molar-refractivity contribution in [2.24, 2.45) is 0 Å². The van der Waals surface area contributed by atoms with E-state index in [0.29, 0.717) is 16.4 Å². The summed E-state index contributed by atoms with van der Waals surface area (Å²) in [5.74, 6) is -0.952. The maximum Gasteiger partial charge on any atom is 0.313 e. The number of thioether (sulfide) groups is 1. The summed E-state index contributed by atoms with van der Waals surface area (Å²) < 4.78 is 0. The number of aliphatic carboxylic acids is 1. The first-order valence-corrected chi connectivity index (χ1v) is 6.68. The predicted octanol–water partition coefficient (Wildman–Crippen LogP) is 1.91. The molecule has 0 aliphatic rings. The molecule has 2 N–H and O–H groups in total. The number of benzene rings is 1. The Balaban J connectivity index is 1.97. The van der Waals surface area contributed by atoms with E-state index in [9.17, 15) is 9.59 Å². The van der Waals surface area contributed by atoms with Crippen LogP contribution in [0.3, 0.4) is 0 Å². The van der Waals surface area contributed by atoms with E-state index in [1.807, 2.05) is 6.07 Å². The SMILES string of the molecule is O=C(O)CSc1ccc(NC(=O)c2ccccc2)nn1. The van der Waals surface area contributed by atoms with Gasteiger partial charge in [-0.25, -0.2) is 0 Å². The molecule has 0 aliphatic heterocycles. The third-order valence-corrected chi connectivity index (χ3v) is 3.17. The van der Waals surface area contributed by atoms with Crippen LogP contribution in [0.25, 0.3) is 0 Å². The Labute approximate surface area is 119 Å². The van der Waals surface area contributed by atoms with Gasteiger partial charge in [0.05, 0.1) is 5.75 Å². The van der Waals surface area contributed by atoms with E-state index in [1.54, 1.807) is 36.4 Å². The molecule has 1 aromatic heterocycles. The summed E-state index contributed by atoms with van der Waals surface area (Å²) in [6, 6.07) is 11.9. The zero-order chi connectivity index (χ0) is 14.4. The van der Waals surface area contributed by atoms with Gasteiger partial charge in [0.25, 0.3) is 5.91 Å². The average molecular weight is 289 g/mol. The van der Waals surface area contributed by atoms with Gasteiger partial charge in [0.1, 0.15) is 5.03 Å². The molecule has 20 heavy (non-hydrogen) atoms. The Morgan fingerprint density at radius 1 is 1.10 bits per heavy atom. The van der Waals surface area contributed by atoms with Crippen LogP contribution in [0, 0.1) is 0 Å². The summed E-state index contributed by atoms with van der Waals surface area (Å²) in [6.07, 6.45) is 0. The van der Waals surface area contributed by atoms with Crippen LogP contribution < -0.4 is 5.32 Å². The summed E-state index contributed by atoms with van der Waals surface area (Å²) in [6.45, 7) is 0. The maximum absolute atomic E-state index is 11.9. The second-order valence-electron chi connectivity index (χ2n) is 3.76. The normalized spacial score (nSPS) is 10.0. The van der Waals surface area contributed by atoms with Crippen molar-refractivity contribution in [1.82, 2.24) is 10.2 Å². The predicted molar refractivity (Wildman–Crippen MR) is 74.8 cm³/mol. The fourth-order valence-corrected chi connectivity index (χ4v) is 1.91. The van der Waals surface area contributed by atoms with Gasteiger partial charge in [-0.2, -0.15) is 0 Å². The number of carbonyl (C=O) groups excluding carboxylic acids is 1. The molecular formula is C13H11N3O3S. The van der Waals surface area contributed by atoms with Gasteiger partial charge in [0.2, 0.25) is 0 Å². The number of hydrogen-bond donors (Lipinski definition) is 2. The lowest BCUT2D eigenvalue weighted by atomic mass is 10.2. The minimum absolute atomic E-state index is 0.0790. The summed E-state index contributed by atoms with van der Waals surface area (Å²) in [4.78, 5) is 22.3. The van der Waals surface area contributed by atoms with Crippen molar-refractivity contribution >= 4 is 29.5 Å². The standard InChI is InChI=1S/C13H11N3O3S/c17-12(18)8-20-11-7-6-10(15-16-11)14-13(19)9-4-2-1-3-5-9/h1-7H,8H2,(H,17,18)(H,14,15,19). The zero-order valence-corrected chi connectivity index (χ0v) is 11.1. The number of anilines is 1. The number of aromatic nitrogens is 2.